The van der Waals surface area contributed by atoms with E-state index in [0.29, 0.717) is 5.69 Å². The van der Waals surface area contributed by atoms with Crippen LogP contribution in [0.1, 0.15) is 0 Å². The van der Waals surface area contributed by atoms with Crippen LogP contribution < -0.4 is 5.73 Å². The first-order valence-electron chi connectivity index (χ1n) is 5.79. The molecule has 92 valence electrons. The van der Waals surface area contributed by atoms with Crippen LogP contribution in [-0.4, -0.2) is 19.9 Å². The van der Waals surface area contributed by atoms with Crippen LogP contribution in [0.3, 0.4) is 0 Å². The van der Waals surface area contributed by atoms with Gasteiger partial charge in [0.15, 0.2) is 0 Å². The summed E-state index contributed by atoms with van der Waals surface area (Å²) >= 11 is 0. The highest BCUT2D eigenvalue weighted by Crippen LogP contribution is 2.22. The van der Waals surface area contributed by atoms with Crippen molar-refractivity contribution < 1.29 is 0 Å². The van der Waals surface area contributed by atoms with Crippen LogP contribution in [-0.2, 0) is 0 Å². The fraction of sp³-hybridized carbons (Fsp3) is 0. The summed E-state index contributed by atoms with van der Waals surface area (Å²) in [5.74, 6) is 0.231. The third-order valence-corrected chi connectivity index (χ3v) is 2.65. The minimum Gasteiger partial charge on any atom is -0.368 e. The van der Waals surface area contributed by atoms with Gasteiger partial charge in [-0.3, -0.25) is 9.97 Å². The number of nitrogen functional groups attached to an aromatic ring is 1. The van der Waals surface area contributed by atoms with Crippen LogP contribution in [0.5, 0.6) is 0 Å². The van der Waals surface area contributed by atoms with Crippen molar-refractivity contribution in [3.05, 3.63) is 55.0 Å². The van der Waals surface area contributed by atoms with Gasteiger partial charge in [-0.15, -0.1) is 0 Å². The fourth-order valence-electron chi connectivity index (χ4n) is 1.78. The van der Waals surface area contributed by atoms with Crippen molar-refractivity contribution in [3.8, 4) is 22.6 Å². The van der Waals surface area contributed by atoms with Crippen LogP contribution in [0, 0.1) is 0 Å². The monoisotopic (exact) mass is 249 g/mol. The number of pyridine rings is 2. The van der Waals surface area contributed by atoms with Crippen molar-refractivity contribution in [1.82, 2.24) is 19.9 Å². The first kappa shape index (κ1) is 11.3. The van der Waals surface area contributed by atoms with Gasteiger partial charge in [0.1, 0.15) is 0 Å². The molecule has 2 N–H and O–H groups in total. The van der Waals surface area contributed by atoms with Crippen LogP contribution in [0.4, 0.5) is 5.95 Å². The maximum atomic E-state index is 5.77. The van der Waals surface area contributed by atoms with Gasteiger partial charge < -0.3 is 5.73 Å². The lowest BCUT2D eigenvalue weighted by atomic mass is 10.1. The van der Waals surface area contributed by atoms with Crippen molar-refractivity contribution in [1.29, 1.82) is 0 Å². The van der Waals surface area contributed by atoms with Crippen molar-refractivity contribution >= 4 is 5.95 Å². The number of nitrogens with two attached hydrogens (primary N) is 1. The second kappa shape index (κ2) is 4.81. The van der Waals surface area contributed by atoms with Gasteiger partial charge in [-0.05, 0) is 30.3 Å². The van der Waals surface area contributed by atoms with Crippen LogP contribution in [0.2, 0.25) is 0 Å². The minimum absolute atomic E-state index is 0.231. The molecule has 0 aliphatic heterocycles. The first-order valence-corrected chi connectivity index (χ1v) is 5.79. The molecule has 3 heterocycles. The van der Waals surface area contributed by atoms with Crippen LogP contribution in [0.15, 0.2) is 55.0 Å². The molecule has 0 unspecified atom stereocenters. The number of rotatable bonds is 2. The Morgan fingerprint density at radius 3 is 2.32 bits per heavy atom. The summed E-state index contributed by atoms with van der Waals surface area (Å²) in [4.78, 5) is 16.7. The highest BCUT2D eigenvalue weighted by Gasteiger charge is 2.07. The molecule has 0 spiro atoms. The van der Waals surface area contributed by atoms with E-state index in [4.69, 9.17) is 5.73 Å². The van der Waals surface area contributed by atoms with Gasteiger partial charge in [0, 0.05) is 24.2 Å². The summed E-state index contributed by atoms with van der Waals surface area (Å²) in [6.07, 6.45) is 5.15. The molecule has 0 aromatic carbocycles. The fourth-order valence-corrected chi connectivity index (χ4v) is 1.78. The van der Waals surface area contributed by atoms with Gasteiger partial charge >= 0.3 is 0 Å². The Hall–Kier alpha value is -2.82. The maximum Gasteiger partial charge on any atom is 0.221 e. The zero-order chi connectivity index (χ0) is 13.1. The first-order chi connectivity index (χ1) is 9.33. The SMILES string of the molecule is Nc1nc(-c2ccncc2)cc(-c2ccccn2)n1. The topological polar surface area (TPSA) is 77.6 Å². The molecule has 0 amide bonds. The Bertz CT molecular complexity index is 625. The third kappa shape index (κ3) is 2.40. The maximum absolute atomic E-state index is 5.77. The number of anilines is 1. The van der Waals surface area contributed by atoms with Gasteiger partial charge in [0.2, 0.25) is 5.95 Å². The molecular formula is C14H11N5. The zero-order valence-electron chi connectivity index (χ0n) is 10.1. The van der Waals surface area contributed by atoms with Crippen molar-refractivity contribution in [2.24, 2.45) is 0 Å². The van der Waals surface area contributed by atoms with Crippen molar-refractivity contribution in [2.75, 3.05) is 5.73 Å². The molecular weight excluding hydrogens is 238 g/mol. The molecule has 0 fully saturated rings. The molecule has 0 aliphatic carbocycles. The molecule has 3 aromatic rings. The largest absolute Gasteiger partial charge is 0.368 e. The van der Waals surface area contributed by atoms with E-state index in [1.807, 2.05) is 36.4 Å². The van der Waals surface area contributed by atoms with E-state index in [9.17, 15) is 0 Å². The summed E-state index contributed by atoms with van der Waals surface area (Å²) in [6, 6.07) is 11.3. The lowest BCUT2D eigenvalue weighted by Gasteiger charge is -2.05. The molecule has 0 aliphatic rings. The number of aromatic nitrogens is 4. The highest BCUT2D eigenvalue weighted by atomic mass is 15.0. The Morgan fingerprint density at radius 2 is 1.58 bits per heavy atom. The van der Waals surface area contributed by atoms with E-state index in [1.54, 1.807) is 18.6 Å². The second-order valence-corrected chi connectivity index (χ2v) is 3.95. The Balaban J connectivity index is 2.12. The average molecular weight is 249 g/mol. The van der Waals surface area contributed by atoms with Gasteiger partial charge in [-0.25, -0.2) is 9.97 Å². The van der Waals surface area contributed by atoms with E-state index in [-0.39, 0.29) is 5.95 Å². The molecule has 3 aromatic heterocycles. The smallest absolute Gasteiger partial charge is 0.221 e. The molecule has 0 atom stereocenters. The van der Waals surface area contributed by atoms with E-state index in [2.05, 4.69) is 19.9 Å². The van der Waals surface area contributed by atoms with E-state index in [1.165, 1.54) is 0 Å². The molecule has 19 heavy (non-hydrogen) atoms. The lowest BCUT2D eigenvalue weighted by Crippen LogP contribution is -1.99. The molecule has 0 bridgehead atoms. The quantitative estimate of drug-likeness (QED) is 0.753. The van der Waals surface area contributed by atoms with Crippen molar-refractivity contribution in [2.45, 2.75) is 0 Å². The summed E-state index contributed by atoms with van der Waals surface area (Å²) in [6.45, 7) is 0. The number of hydrogen-bond donors (Lipinski definition) is 1. The molecule has 0 saturated heterocycles. The third-order valence-electron chi connectivity index (χ3n) is 2.65. The van der Waals surface area contributed by atoms with Crippen LogP contribution in [0.25, 0.3) is 22.6 Å². The van der Waals surface area contributed by atoms with E-state index in [0.717, 1.165) is 17.0 Å². The second-order valence-electron chi connectivity index (χ2n) is 3.95. The molecule has 5 heteroatoms. The summed E-state index contributed by atoms with van der Waals surface area (Å²) < 4.78 is 0. The predicted molar refractivity (Wildman–Crippen MR) is 72.9 cm³/mol. The van der Waals surface area contributed by atoms with E-state index >= 15 is 0 Å². The van der Waals surface area contributed by atoms with Crippen molar-refractivity contribution in [3.63, 3.8) is 0 Å². The summed E-state index contributed by atoms with van der Waals surface area (Å²) in [5.41, 5.74) is 8.95. The summed E-state index contributed by atoms with van der Waals surface area (Å²) in [7, 11) is 0. The zero-order valence-corrected chi connectivity index (χ0v) is 10.1. The molecule has 3 rings (SSSR count). The van der Waals surface area contributed by atoms with Gasteiger partial charge in [0.25, 0.3) is 0 Å². The predicted octanol–water partition coefficient (Wildman–Crippen LogP) is 2.18. The van der Waals surface area contributed by atoms with Gasteiger partial charge in [-0.2, -0.15) is 0 Å². The Morgan fingerprint density at radius 1 is 0.789 bits per heavy atom. The Kier molecular flexibility index (Phi) is 2.86. The molecule has 0 radical (unpaired) electrons. The molecule has 0 saturated carbocycles. The highest BCUT2D eigenvalue weighted by molar-refractivity contribution is 5.66. The lowest BCUT2D eigenvalue weighted by molar-refractivity contribution is 1.17. The van der Waals surface area contributed by atoms with Crippen LogP contribution >= 0.6 is 0 Å². The normalized spacial score (nSPS) is 10.3. The minimum atomic E-state index is 0.231. The van der Waals surface area contributed by atoms with E-state index < -0.39 is 0 Å². The van der Waals surface area contributed by atoms with Gasteiger partial charge in [0.05, 0.1) is 17.1 Å². The Labute approximate surface area is 110 Å². The van der Waals surface area contributed by atoms with Gasteiger partial charge in [-0.1, -0.05) is 6.07 Å². The average Bonchev–Trinajstić information content (AvgIpc) is 2.48. The molecule has 5 nitrogen and oxygen atoms in total. The standard InChI is InChI=1S/C14H11N5/c15-14-18-12(10-4-7-16-8-5-10)9-13(19-14)11-3-1-2-6-17-11/h1-9H,(H2,15,18,19). The number of hydrogen-bond acceptors (Lipinski definition) is 5. The summed E-state index contributed by atoms with van der Waals surface area (Å²) in [5, 5.41) is 0. The number of nitrogens with zero attached hydrogens (tertiary/aromatic N) is 4.